The molecule has 1 aromatic rings. The molecule has 0 radical (unpaired) electrons. The standard InChI is InChI=1S/C20H22ClNO3/c1-3-11-25-20(24)17-12(2)22-15-9-6-10-16(23)19(15)18(17)13-7-4-5-8-14(13)21/h4-5,7-8,18,22H,3,6,9-11H2,1-2H3/t18-/m0/s1. The van der Waals surface area contributed by atoms with Crippen molar-refractivity contribution >= 4 is 23.4 Å². The minimum absolute atomic E-state index is 0.0759. The Labute approximate surface area is 152 Å². The minimum Gasteiger partial charge on any atom is -0.462 e. The third-order valence-electron chi connectivity index (χ3n) is 4.65. The molecule has 25 heavy (non-hydrogen) atoms. The summed E-state index contributed by atoms with van der Waals surface area (Å²) in [6.45, 7) is 4.16. The quantitative estimate of drug-likeness (QED) is 0.816. The molecule has 1 atom stereocenters. The van der Waals surface area contributed by atoms with Gasteiger partial charge in [-0.25, -0.2) is 4.79 Å². The Kier molecular flexibility index (Phi) is 5.28. The van der Waals surface area contributed by atoms with Crippen LogP contribution in [0.15, 0.2) is 46.8 Å². The molecule has 1 aliphatic carbocycles. The van der Waals surface area contributed by atoms with Crippen molar-refractivity contribution in [3.05, 3.63) is 57.4 Å². The number of benzene rings is 1. The summed E-state index contributed by atoms with van der Waals surface area (Å²) in [5.41, 5.74) is 3.56. The van der Waals surface area contributed by atoms with Crippen LogP contribution in [0.2, 0.25) is 5.02 Å². The third kappa shape index (κ3) is 3.36. The second kappa shape index (κ2) is 7.44. The topological polar surface area (TPSA) is 55.4 Å². The van der Waals surface area contributed by atoms with Gasteiger partial charge in [-0.05, 0) is 37.8 Å². The van der Waals surface area contributed by atoms with Gasteiger partial charge < -0.3 is 10.1 Å². The molecule has 1 heterocycles. The Balaban J connectivity index is 2.14. The van der Waals surface area contributed by atoms with Crippen molar-refractivity contribution in [1.82, 2.24) is 5.32 Å². The average molecular weight is 360 g/mol. The van der Waals surface area contributed by atoms with E-state index >= 15 is 0 Å². The SMILES string of the molecule is CCCOC(=O)C1=C(C)NC2=C(C(=O)CCC2)[C@H]1c1ccccc1Cl. The van der Waals surface area contributed by atoms with Crippen LogP contribution in [-0.2, 0) is 14.3 Å². The Hall–Kier alpha value is -2.07. The molecule has 132 valence electrons. The first-order chi connectivity index (χ1) is 12.0. The highest BCUT2D eigenvalue weighted by molar-refractivity contribution is 6.31. The van der Waals surface area contributed by atoms with E-state index in [1.165, 1.54) is 0 Å². The maximum absolute atomic E-state index is 12.7. The number of nitrogens with one attached hydrogen (secondary N) is 1. The van der Waals surface area contributed by atoms with Gasteiger partial charge in [-0.15, -0.1) is 0 Å². The Morgan fingerprint density at radius 2 is 2.08 bits per heavy atom. The Morgan fingerprint density at radius 1 is 1.32 bits per heavy atom. The first-order valence-corrected chi connectivity index (χ1v) is 9.08. The third-order valence-corrected chi connectivity index (χ3v) is 4.99. The number of carbonyl (C=O) groups is 2. The number of esters is 1. The monoisotopic (exact) mass is 359 g/mol. The summed E-state index contributed by atoms with van der Waals surface area (Å²) in [6, 6.07) is 7.39. The summed E-state index contributed by atoms with van der Waals surface area (Å²) >= 11 is 6.43. The van der Waals surface area contributed by atoms with Crippen LogP contribution < -0.4 is 5.32 Å². The molecule has 1 aromatic carbocycles. The molecule has 3 rings (SSSR count). The molecule has 0 saturated heterocycles. The molecule has 5 heteroatoms. The van der Waals surface area contributed by atoms with Gasteiger partial charge in [0, 0.05) is 34.3 Å². The van der Waals surface area contributed by atoms with Crippen molar-refractivity contribution in [3.8, 4) is 0 Å². The maximum Gasteiger partial charge on any atom is 0.336 e. The number of Topliss-reactive ketones (excluding diaryl/α,β-unsaturated/α-hetero) is 1. The lowest BCUT2D eigenvalue weighted by atomic mass is 9.75. The van der Waals surface area contributed by atoms with E-state index in [-0.39, 0.29) is 11.8 Å². The summed E-state index contributed by atoms with van der Waals surface area (Å²) in [6.07, 6.45) is 2.87. The van der Waals surface area contributed by atoms with Crippen molar-refractivity contribution in [3.63, 3.8) is 0 Å². The smallest absolute Gasteiger partial charge is 0.336 e. The molecule has 1 N–H and O–H groups in total. The van der Waals surface area contributed by atoms with Crippen LogP contribution in [0.5, 0.6) is 0 Å². The second-order valence-corrected chi connectivity index (χ2v) is 6.83. The van der Waals surface area contributed by atoms with Gasteiger partial charge in [-0.1, -0.05) is 36.7 Å². The van der Waals surface area contributed by atoms with Gasteiger partial charge in [0.2, 0.25) is 0 Å². The van der Waals surface area contributed by atoms with Crippen molar-refractivity contribution in [1.29, 1.82) is 0 Å². The zero-order valence-corrected chi connectivity index (χ0v) is 15.3. The summed E-state index contributed by atoms with van der Waals surface area (Å²) in [5.74, 6) is -0.782. The van der Waals surface area contributed by atoms with E-state index in [1.807, 2.05) is 32.0 Å². The van der Waals surface area contributed by atoms with Crippen molar-refractivity contribution in [2.75, 3.05) is 6.61 Å². The zero-order chi connectivity index (χ0) is 18.0. The van der Waals surface area contributed by atoms with E-state index in [1.54, 1.807) is 6.07 Å². The van der Waals surface area contributed by atoms with Crippen molar-refractivity contribution < 1.29 is 14.3 Å². The van der Waals surface area contributed by atoms with Crippen LogP contribution >= 0.6 is 11.6 Å². The molecule has 4 nitrogen and oxygen atoms in total. The molecule has 1 aliphatic heterocycles. The number of dihydropyridines is 1. The fourth-order valence-corrected chi connectivity index (χ4v) is 3.79. The normalized spacial score (nSPS) is 20.3. The number of hydrogen-bond donors (Lipinski definition) is 1. The molecule has 2 aliphatic rings. The van der Waals surface area contributed by atoms with E-state index in [0.717, 1.165) is 36.2 Å². The highest BCUT2D eigenvalue weighted by atomic mass is 35.5. The minimum atomic E-state index is -0.470. The molecule has 0 aromatic heterocycles. The summed E-state index contributed by atoms with van der Waals surface area (Å²) in [4.78, 5) is 25.4. The number of rotatable bonds is 4. The highest BCUT2D eigenvalue weighted by Gasteiger charge is 2.39. The van der Waals surface area contributed by atoms with Crippen LogP contribution in [0, 0.1) is 0 Å². The first kappa shape index (κ1) is 17.7. The average Bonchev–Trinajstić information content (AvgIpc) is 2.59. The number of ether oxygens (including phenoxy) is 1. The lowest BCUT2D eigenvalue weighted by Crippen LogP contribution is -2.34. The van der Waals surface area contributed by atoms with Gasteiger partial charge in [0.1, 0.15) is 0 Å². The predicted octanol–water partition coefficient (Wildman–Crippen LogP) is 4.26. The molecular formula is C20H22ClNO3. The first-order valence-electron chi connectivity index (χ1n) is 8.70. The second-order valence-electron chi connectivity index (χ2n) is 6.42. The Morgan fingerprint density at radius 3 is 2.80 bits per heavy atom. The van der Waals surface area contributed by atoms with Gasteiger partial charge in [0.15, 0.2) is 5.78 Å². The lowest BCUT2D eigenvalue weighted by molar-refractivity contribution is -0.139. The fraction of sp³-hybridized carbons (Fsp3) is 0.400. The van der Waals surface area contributed by atoms with E-state index in [0.29, 0.717) is 29.2 Å². The summed E-state index contributed by atoms with van der Waals surface area (Å²) in [5, 5.41) is 3.82. The fourth-order valence-electron chi connectivity index (χ4n) is 3.55. The molecule has 0 fully saturated rings. The van der Waals surface area contributed by atoms with E-state index in [2.05, 4.69) is 5.32 Å². The van der Waals surface area contributed by atoms with Gasteiger partial charge in [0.25, 0.3) is 0 Å². The van der Waals surface area contributed by atoms with Crippen LogP contribution in [0.4, 0.5) is 0 Å². The number of halogens is 1. The Bertz CT molecular complexity index is 779. The molecular weight excluding hydrogens is 338 g/mol. The largest absolute Gasteiger partial charge is 0.462 e. The number of hydrogen-bond acceptors (Lipinski definition) is 4. The van der Waals surface area contributed by atoms with Gasteiger partial charge >= 0.3 is 5.97 Å². The van der Waals surface area contributed by atoms with E-state index < -0.39 is 5.92 Å². The molecule has 0 unspecified atom stereocenters. The summed E-state index contributed by atoms with van der Waals surface area (Å²) < 4.78 is 5.39. The number of allylic oxidation sites excluding steroid dienone is 3. The predicted molar refractivity (Wildman–Crippen MR) is 97.2 cm³/mol. The van der Waals surface area contributed by atoms with E-state index in [9.17, 15) is 9.59 Å². The van der Waals surface area contributed by atoms with Gasteiger partial charge in [0.05, 0.1) is 12.2 Å². The van der Waals surface area contributed by atoms with E-state index in [4.69, 9.17) is 16.3 Å². The molecule has 0 spiro atoms. The molecule has 0 bridgehead atoms. The number of ketones is 1. The number of carbonyl (C=O) groups excluding carboxylic acids is 2. The summed E-state index contributed by atoms with van der Waals surface area (Å²) in [7, 11) is 0. The van der Waals surface area contributed by atoms with Crippen LogP contribution in [-0.4, -0.2) is 18.4 Å². The maximum atomic E-state index is 12.7. The molecule has 0 saturated carbocycles. The molecule has 0 amide bonds. The van der Waals surface area contributed by atoms with Crippen molar-refractivity contribution in [2.45, 2.75) is 45.4 Å². The zero-order valence-electron chi connectivity index (χ0n) is 14.5. The van der Waals surface area contributed by atoms with Crippen LogP contribution in [0.1, 0.15) is 51.0 Å². The van der Waals surface area contributed by atoms with Crippen molar-refractivity contribution in [2.24, 2.45) is 0 Å². The lowest BCUT2D eigenvalue weighted by Gasteiger charge is -2.34. The van der Waals surface area contributed by atoms with Gasteiger partial charge in [-0.2, -0.15) is 0 Å². The van der Waals surface area contributed by atoms with Gasteiger partial charge in [-0.3, -0.25) is 4.79 Å². The van der Waals surface area contributed by atoms with Crippen LogP contribution in [0.3, 0.4) is 0 Å². The highest BCUT2D eigenvalue weighted by Crippen LogP contribution is 2.44. The van der Waals surface area contributed by atoms with Crippen LogP contribution in [0.25, 0.3) is 0 Å².